The van der Waals surface area contributed by atoms with Gasteiger partial charge < -0.3 is 19.6 Å². The highest BCUT2D eigenvalue weighted by Gasteiger charge is 2.14. The lowest BCUT2D eigenvalue weighted by Gasteiger charge is -2.23. The molecule has 0 aliphatic heterocycles. The van der Waals surface area contributed by atoms with Crippen molar-refractivity contribution in [2.24, 2.45) is 0 Å². The summed E-state index contributed by atoms with van der Waals surface area (Å²) in [7, 11) is -0.364. The van der Waals surface area contributed by atoms with Gasteiger partial charge in [0.25, 0.3) is 0 Å². The molecule has 8 heteroatoms. The van der Waals surface area contributed by atoms with Crippen LogP contribution in [0.1, 0.15) is 239 Å². The highest BCUT2D eigenvalue weighted by molar-refractivity contribution is 8.11. The molecule has 0 heterocycles. The number of hydroxylamine groups is 1. The van der Waals surface area contributed by atoms with E-state index in [2.05, 4.69) is 31.5 Å². The van der Waals surface area contributed by atoms with E-state index < -0.39 is 0 Å². The fourth-order valence-electron chi connectivity index (χ4n) is 7.32. The Balaban J connectivity index is 4.31. The van der Waals surface area contributed by atoms with Crippen molar-refractivity contribution in [3.63, 3.8) is 0 Å². The second-order valence-corrected chi connectivity index (χ2v) is 18.1. The number of esters is 2. The molecule has 0 aromatic heterocycles. The zero-order valence-electron chi connectivity index (χ0n) is 37.2. The van der Waals surface area contributed by atoms with E-state index in [0.29, 0.717) is 26.0 Å². The normalized spacial score (nSPS) is 12.3. The molecule has 0 aliphatic rings. The quantitative estimate of drug-likeness (QED) is 0.0285. The molecule has 0 spiro atoms. The molecule has 0 aliphatic carbocycles. The van der Waals surface area contributed by atoms with Crippen molar-refractivity contribution >= 4 is 28.5 Å². The predicted octanol–water partition coefficient (Wildman–Crippen LogP) is 14.0. The van der Waals surface area contributed by atoms with Gasteiger partial charge in [0.2, 0.25) is 0 Å². The average Bonchev–Trinajstić information content (AvgIpc) is 3.17. The van der Waals surface area contributed by atoms with Crippen molar-refractivity contribution < 1.29 is 24.3 Å². The minimum Gasteiger partial charge on any atom is -0.466 e. The third-order valence-corrected chi connectivity index (χ3v) is 11.9. The number of unbranched alkanes of at least 4 members (excludes halogenated alkanes) is 24. The molecule has 0 saturated carbocycles. The molecular formula is C47H94N2O5S. The summed E-state index contributed by atoms with van der Waals surface area (Å²) in [6.07, 6.45) is 41.2. The summed E-state index contributed by atoms with van der Waals surface area (Å²) in [6.45, 7) is 11.2. The van der Waals surface area contributed by atoms with Crippen molar-refractivity contribution in [3.05, 3.63) is 0 Å². The van der Waals surface area contributed by atoms with Crippen molar-refractivity contribution in [1.29, 1.82) is 0 Å². The molecule has 1 unspecified atom stereocenters. The Hall–Kier alpha value is -0.960. The Morgan fingerprint density at radius 1 is 0.509 bits per heavy atom. The molecule has 0 rings (SSSR count). The van der Waals surface area contributed by atoms with Crippen LogP contribution in [0, 0.1) is 0 Å². The van der Waals surface area contributed by atoms with Crippen LogP contribution in [0.15, 0.2) is 0 Å². The fraction of sp³-hybridized carbons (Fsp3) is 0.936. The number of hydrogen-bond donors (Lipinski definition) is 1. The summed E-state index contributed by atoms with van der Waals surface area (Å²) in [5.41, 5.74) is 0. The van der Waals surface area contributed by atoms with Gasteiger partial charge in [0.05, 0.1) is 6.61 Å². The number of carbonyl (C=O) groups is 2. The molecule has 0 aromatic rings. The second-order valence-electron chi connectivity index (χ2n) is 16.5. The molecule has 0 radical (unpaired) electrons. The highest BCUT2D eigenvalue weighted by Crippen LogP contribution is 2.19. The first-order valence-corrected chi connectivity index (χ1v) is 25.6. The van der Waals surface area contributed by atoms with Gasteiger partial charge in [-0.2, -0.15) is 0 Å². The summed E-state index contributed by atoms with van der Waals surface area (Å²) < 4.78 is 12.9. The van der Waals surface area contributed by atoms with Crippen molar-refractivity contribution in [1.82, 2.24) is 9.37 Å². The number of hydrogen-bond acceptors (Lipinski definition) is 7. The molecule has 328 valence electrons. The van der Waals surface area contributed by atoms with Crippen LogP contribution < -0.4 is 0 Å². The van der Waals surface area contributed by atoms with Crippen molar-refractivity contribution in [2.45, 2.75) is 245 Å². The number of rotatable bonds is 44. The van der Waals surface area contributed by atoms with Gasteiger partial charge >= 0.3 is 11.9 Å². The maximum Gasteiger partial charge on any atom is 0.306 e. The van der Waals surface area contributed by atoms with Gasteiger partial charge in [-0.25, -0.2) is 0 Å². The molecular weight excluding hydrogens is 705 g/mol. The summed E-state index contributed by atoms with van der Waals surface area (Å²) in [4.78, 5) is 27.5. The molecule has 0 saturated heterocycles. The Morgan fingerprint density at radius 3 is 1.36 bits per heavy atom. The average molecular weight is 799 g/mol. The third-order valence-electron chi connectivity index (χ3n) is 11.0. The molecule has 0 aromatic carbocycles. The van der Waals surface area contributed by atoms with Crippen LogP contribution in [0.4, 0.5) is 0 Å². The standard InChI is InChI=1S/C47H94N2O5S/c1-6-9-12-15-18-27-34-44-53-46(50)38-30-23-19-25-32-40-48(42-35-43-49(52)55(4)5)41-33-26-20-24-31-39-47(51)54-45(36-28-21-16-13-10-7-2)37-29-22-17-14-11-8-3/h45,52H,4,6-44H2,1-3,5H3. The van der Waals surface area contributed by atoms with E-state index in [1.165, 1.54) is 146 Å². The topological polar surface area (TPSA) is 79.3 Å². The minimum absolute atomic E-state index is 0.0158. The maximum absolute atomic E-state index is 12.8. The highest BCUT2D eigenvalue weighted by atomic mass is 32.2. The lowest BCUT2D eigenvalue weighted by Crippen LogP contribution is -2.29. The number of carbonyl (C=O) groups excluding carboxylic acids is 2. The van der Waals surface area contributed by atoms with Crippen LogP contribution in [0.5, 0.6) is 0 Å². The molecule has 7 nitrogen and oxygen atoms in total. The first kappa shape index (κ1) is 54.0. The van der Waals surface area contributed by atoms with Gasteiger partial charge in [0.15, 0.2) is 0 Å². The van der Waals surface area contributed by atoms with Crippen LogP contribution in [0.25, 0.3) is 0 Å². The molecule has 1 atom stereocenters. The minimum atomic E-state index is -0.364. The molecule has 0 bridgehead atoms. The van der Waals surface area contributed by atoms with E-state index in [4.69, 9.17) is 9.47 Å². The monoisotopic (exact) mass is 799 g/mol. The van der Waals surface area contributed by atoms with Gasteiger partial charge in [0.1, 0.15) is 6.10 Å². The van der Waals surface area contributed by atoms with Crippen molar-refractivity contribution in [3.8, 4) is 0 Å². The predicted molar refractivity (Wildman–Crippen MR) is 240 cm³/mol. The number of ether oxygens (including phenoxy) is 2. The van der Waals surface area contributed by atoms with E-state index in [-0.39, 0.29) is 28.7 Å². The van der Waals surface area contributed by atoms with Gasteiger partial charge in [-0.1, -0.05) is 168 Å². The third kappa shape index (κ3) is 39.6. The van der Waals surface area contributed by atoms with Crippen LogP contribution >= 0.6 is 10.7 Å². The first-order valence-electron chi connectivity index (χ1n) is 23.8. The smallest absolute Gasteiger partial charge is 0.306 e. The van der Waals surface area contributed by atoms with Gasteiger partial charge in [0, 0.05) is 19.4 Å². The van der Waals surface area contributed by atoms with E-state index >= 15 is 0 Å². The van der Waals surface area contributed by atoms with Crippen LogP contribution in [-0.4, -0.2) is 77.5 Å². The fourth-order valence-corrected chi connectivity index (χ4v) is 7.76. The first-order chi connectivity index (χ1) is 26.8. The van der Waals surface area contributed by atoms with E-state index in [0.717, 1.165) is 83.8 Å². The van der Waals surface area contributed by atoms with Crippen molar-refractivity contribution in [2.75, 3.05) is 39.0 Å². The summed E-state index contributed by atoms with van der Waals surface area (Å²) in [5, 5.41) is 10.1. The Kier molecular flexibility index (Phi) is 41.9. The lowest BCUT2D eigenvalue weighted by atomic mass is 10.0. The zero-order chi connectivity index (χ0) is 40.5. The van der Waals surface area contributed by atoms with Gasteiger partial charge in [-0.3, -0.25) is 9.59 Å². The van der Waals surface area contributed by atoms with E-state index in [1.807, 2.05) is 6.26 Å². The lowest BCUT2D eigenvalue weighted by molar-refractivity contribution is -0.150. The van der Waals surface area contributed by atoms with E-state index in [9.17, 15) is 14.8 Å². The second kappa shape index (κ2) is 42.6. The van der Waals surface area contributed by atoms with E-state index in [1.54, 1.807) is 0 Å². The summed E-state index contributed by atoms with van der Waals surface area (Å²) in [6, 6.07) is 0. The van der Waals surface area contributed by atoms with Crippen LogP contribution in [0.3, 0.4) is 0 Å². The van der Waals surface area contributed by atoms with Crippen LogP contribution in [0.2, 0.25) is 0 Å². The molecule has 0 fully saturated rings. The van der Waals surface area contributed by atoms with Gasteiger partial charge in [-0.05, 0) is 90.1 Å². The zero-order valence-corrected chi connectivity index (χ0v) is 38.1. The Bertz CT molecular complexity index is 843. The number of nitrogens with zero attached hydrogens (tertiary/aromatic N) is 2. The van der Waals surface area contributed by atoms with Crippen LogP contribution in [-0.2, 0) is 19.1 Å². The summed E-state index contributed by atoms with van der Waals surface area (Å²) >= 11 is 0. The maximum atomic E-state index is 12.8. The van der Waals surface area contributed by atoms with Gasteiger partial charge in [-0.15, -0.1) is 15.1 Å². The SMILES string of the molecule is C=S(C)N(O)CCCN(CCCCCCCC(=O)OCCCCCCCCC)CCCCCCCC(=O)OC(CCCCCCCC)CCCCCCCC. The molecule has 0 amide bonds. The largest absolute Gasteiger partial charge is 0.466 e. The Morgan fingerprint density at radius 2 is 0.891 bits per heavy atom. The molecule has 55 heavy (non-hydrogen) atoms. The molecule has 1 N–H and O–H groups in total. The Labute approximate surface area is 345 Å². The summed E-state index contributed by atoms with van der Waals surface area (Å²) in [5.74, 6) is 3.94.